The predicted molar refractivity (Wildman–Crippen MR) is 91.9 cm³/mol. The summed E-state index contributed by atoms with van der Waals surface area (Å²) in [6.07, 6.45) is 3.14. The van der Waals surface area contributed by atoms with Gasteiger partial charge in [0.15, 0.2) is 11.5 Å². The summed E-state index contributed by atoms with van der Waals surface area (Å²) in [5.41, 5.74) is 5.08. The number of benzene rings is 2. The average molecular weight is 345 g/mol. The van der Waals surface area contributed by atoms with E-state index in [1.807, 2.05) is 36.4 Å². The molecule has 2 aromatic carbocycles. The quantitative estimate of drug-likeness (QED) is 0.712. The lowest BCUT2D eigenvalue weighted by molar-refractivity contribution is 0.284. The highest BCUT2D eigenvalue weighted by atomic mass is 35.5. The molecule has 0 unspecified atom stereocenters. The van der Waals surface area contributed by atoms with Crippen LogP contribution in [0.25, 0.3) is 0 Å². The van der Waals surface area contributed by atoms with E-state index in [-0.39, 0.29) is 0 Å². The molecule has 0 atom stereocenters. The first-order valence-corrected chi connectivity index (χ1v) is 7.75. The summed E-state index contributed by atoms with van der Waals surface area (Å²) in [5, 5.41) is 8.06. The summed E-state index contributed by atoms with van der Waals surface area (Å²) >= 11 is 6.36. The van der Waals surface area contributed by atoms with Crippen LogP contribution in [0.5, 0.6) is 11.5 Å². The van der Waals surface area contributed by atoms with Gasteiger partial charge < -0.3 is 14.9 Å². The third-order valence-electron chi connectivity index (χ3n) is 3.44. The molecule has 6 nitrogen and oxygen atoms in total. The second-order valence-corrected chi connectivity index (χ2v) is 5.48. The van der Waals surface area contributed by atoms with Gasteiger partial charge in [0.1, 0.15) is 19.3 Å². The molecule has 0 fully saturated rings. The maximum Gasteiger partial charge on any atom is 0.163 e. The Morgan fingerprint density at radius 3 is 2.54 bits per heavy atom. The molecule has 0 aliphatic heterocycles. The van der Waals surface area contributed by atoms with Gasteiger partial charge in [-0.15, -0.1) is 10.2 Å². The number of nitrogens with one attached hydrogen (secondary N) is 1. The first-order chi connectivity index (χ1) is 11.8. The van der Waals surface area contributed by atoms with Crippen molar-refractivity contribution >= 4 is 11.6 Å². The van der Waals surface area contributed by atoms with E-state index in [1.165, 1.54) is 0 Å². The summed E-state index contributed by atoms with van der Waals surface area (Å²) in [4.78, 5) is 0. The fourth-order valence-electron chi connectivity index (χ4n) is 2.18. The Morgan fingerprint density at radius 1 is 1.08 bits per heavy atom. The van der Waals surface area contributed by atoms with Gasteiger partial charge in [-0.3, -0.25) is 0 Å². The molecule has 3 aromatic rings. The zero-order valence-electron chi connectivity index (χ0n) is 13.1. The average Bonchev–Trinajstić information content (AvgIpc) is 3.13. The van der Waals surface area contributed by atoms with Gasteiger partial charge in [-0.05, 0) is 17.2 Å². The van der Waals surface area contributed by atoms with E-state index in [0.29, 0.717) is 29.7 Å². The smallest absolute Gasteiger partial charge is 0.163 e. The summed E-state index contributed by atoms with van der Waals surface area (Å²) in [6.45, 7) is 0.956. The van der Waals surface area contributed by atoms with Crippen molar-refractivity contribution in [2.24, 2.45) is 0 Å². The number of hydrogen-bond donors (Lipinski definition) is 1. The van der Waals surface area contributed by atoms with E-state index in [2.05, 4.69) is 15.6 Å². The van der Waals surface area contributed by atoms with Crippen molar-refractivity contribution in [3.8, 4) is 11.5 Å². The molecule has 24 heavy (non-hydrogen) atoms. The van der Waals surface area contributed by atoms with Gasteiger partial charge in [0.25, 0.3) is 0 Å². The predicted octanol–water partition coefficient (Wildman–Crippen LogP) is 3.26. The molecule has 3 rings (SSSR count). The molecule has 7 heteroatoms. The van der Waals surface area contributed by atoms with E-state index in [4.69, 9.17) is 21.1 Å². The van der Waals surface area contributed by atoms with Crippen LogP contribution in [0.3, 0.4) is 0 Å². The van der Waals surface area contributed by atoms with Gasteiger partial charge in [0, 0.05) is 11.1 Å². The number of hydrogen-bond acceptors (Lipinski definition) is 5. The standard InChI is InChI=1S/C17H17ClN4O2/c1-23-16-7-14(9-21-22-11-19-20-12-22)15(18)8-17(16)24-10-13-5-3-2-4-6-13/h2-8,11-12,21H,9-10H2,1H3. The first-order valence-electron chi connectivity index (χ1n) is 7.38. The fourth-order valence-corrected chi connectivity index (χ4v) is 2.40. The van der Waals surface area contributed by atoms with Crippen molar-refractivity contribution in [1.82, 2.24) is 14.9 Å². The highest BCUT2D eigenvalue weighted by Crippen LogP contribution is 2.34. The third-order valence-corrected chi connectivity index (χ3v) is 3.79. The Morgan fingerprint density at radius 2 is 1.83 bits per heavy atom. The Labute approximate surface area is 145 Å². The van der Waals surface area contributed by atoms with Gasteiger partial charge in [-0.2, -0.15) is 0 Å². The molecule has 1 aromatic heterocycles. The molecule has 0 amide bonds. The molecule has 0 saturated heterocycles. The van der Waals surface area contributed by atoms with Crippen LogP contribution in [0, 0.1) is 0 Å². The molecule has 0 spiro atoms. The van der Waals surface area contributed by atoms with Crippen molar-refractivity contribution in [1.29, 1.82) is 0 Å². The molecular weight excluding hydrogens is 328 g/mol. The minimum absolute atomic E-state index is 0.450. The molecule has 0 aliphatic carbocycles. The van der Waals surface area contributed by atoms with Crippen LogP contribution in [-0.2, 0) is 13.2 Å². The number of aromatic nitrogens is 3. The van der Waals surface area contributed by atoms with Crippen LogP contribution in [0.15, 0.2) is 55.1 Å². The molecule has 1 heterocycles. The third kappa shape index (κ3) is 3.97. The molecule has 0 bridgehead atoms. The van der Waals surface area contributed by atoms with E-state index < -0.39 is 0 Å². The van der Waals surface area contributed by atoms with Crippen molar-refractivity contribution < 1.29 is 9.47 Å². The summed E-state index contributed by atoms with van der Waals surface area (Å²) in [6, 6.07) is 13.6. The largest absolute Gasteiger partial charge is 0.493 e. The van der Waals surface area contributed by atoms with Crippen molar-refractivity contribution in [2.75, 3.05) is 12.5 Å². The number of ether oxygens (including phenoxy) is 2. The fraction of sp³-hybridized carbons (Fsp3) is 0.176. The van der Waals surface area contributed by atoms with Crippen LogP contribution < -0.4 is 14.9 Å². The lowest BCUT2D eigenvalue weighted by atomic mass is 10.2. The van der Waals surface area contributed by atoms with Crippen LogP contribution in [0.4, 0.5) is 0 Å². The molecule has 124 valence electrons. The maximum atomic E-state index is 6.36. The topological polar surface area (TPSA) is 61.2 Å². The van der Waals surface area contributed by atoms with Gasteiger partial charge >= 0.3 is 0 Å². The lowest BCUT2D eigenvalue weighted by Crippen LogP contribution is -2.12. The second-order valence-electron chi connectivity index (χ2n) is 5.07. The van der Waals surface area contributed by atoms with Crippen molar-refractivity contribution in [3.05, 3.63) is 71.3 Å². The molecule has 0 aliphatic rings. The van der Waals surface area contributed by atoms with Crippen molar-refractivity contribution in [2.45, 2.75) is 13.2 Å². The number of nitrogens with zero attached hydrogens (tertiary/aromatic N) is 3. The van der Waals surface area contributed by atoms with Gasteiger partial charge in [0.2, 0.25) is 0 Å². The monoisotopic (exact) mass is 344 g/mol. The Balaban J connectivity index is 1.72. The normalized spacial score (nSPS) is 10.4. The Hall–Kier alpha value is -2.73. The van der Waals surface area contributed by atoms with Gasteiger partial charge in [0.05, 0.1) is 13.7 Å². The zero-order valence-corrected chi connectivity index (χ0v) is 13.9. The van der Waals surface area contributed by atoms with E-state index >= 15 is 0 Å². The van der Waals surface area contributed by atoms with Crippen LogP contribution >= 0.6 is 11.6 Å². The van der Waals surface area contributed by atoms with Gasteiger partial charge in [-0.25, -0.2) is 4.68 Å². The van der Waals surface area contributed by atoms with Crippen LogP contribution in [0.1, 0.15) is 11.1 Å². The molecular formula is C17H17ClN4O2. The van der Waals surface area contributed by atoms with Gasteiger partial charge in [-0.1, -0.05) is 41.9 Å². The van der Waals surface area contributed by atoms with Crippen LogP contribution in [0.2, 0.25) is 5.02 Å². The summed E-state index contributed by atoms with van der Waals surface area (Å²) < 4.78 is 12.9. The minimum Gasteiger partial charge on any atom is -0.493 e. The molecule has 0 saturated carbocycles. The highest BCUT2D eigenvalue weighted by molar-refractivity contribution is 6.31. The number of halogens is 1. The van der Waals surface area contributed by atoms with E-state index in [0.717, 1.165) is 11.1 Å². The summed E-state index contributed by atoms with van der Waals surface area (Å²) in [5.74, 6) is 1.25. The van der Waals surface area contributed by atoms with E-state index in [9.17, 15) is 0 Å². The zero-order chi connectivity index (χ0) is 16.8. The number of methoxy groups -OCH3 is 1. The molecule has 1 N–H and O–H groups in total. The summed E-state index contributed by atoms with van der Waals surface area (Å²) in [7, 11) is 1.61. The number of rotatable bonds is 7. The lowest BCUT2D eigenvalue weighted by Gasteiger charge is -2.14. The van der Waals surface area contributed by atoms with Crippen LogP contribution in [-0.4, -0.2) is 22.0 Å². The molecule has 0 radical (unpaired) electrons. The first kappa shape index (κ1) is 16.1. The highest BCUT2D eigenvalue weighted by Gasteiger charge is 2.11. The Kier molecular flexibility index (Phi) is 5.18. The second kappa shape index (κ2) is 7.70. The minimum atomic E-state index is 0.450. The maximum absolute atomic E-state index is 6.36. The van der Waals surface area contributed by atoms with Crippen molar-refractivity contribution in [3.63, 3.8) is 0 Å². The SMILES string of the molecule is COc1cc(CNn2cnnc2)c(Cl)cc1OCc1ccccc1. The van der Waals surface area contributed by atoms with E-state index in [1.54, 1.807) is 30.5 Å². The Bertz CT molecular complexity index is 779.